The van der Waals surface area contributed by atoms with Gasteiger partial charge in [-0.1, -0.05) is 48.0 Å². The zero-order valence-corrected chi connectivity index (χ0v) is 15.6. The Morgan fingerprint density at radius 1 is 1.19 bits per heavy atom. The van der Waals surface area contributed by atoms with E-state index in [-0.39, 0.29) is 17.3 Å². The number of hydrogen-bond donors (Lipinski definition) is 1. The molecule has 8 heteroatoms. The van der Waals surface area contributed by atoms with Crippen LogP contribution in [0.3, 0.4) is 0 Å². The molecular formula is C19H18ClN5O2. The van der Waals surface area contributed by atoms with E-state index < -0.39 is 4.92 Å². The molecule has 138 valence electrons. The minimum Gasteiger partial charge on any atom is -0.349 e. The van der Waals surface area contributed by atoms with Crippen LogP contribution in [-0.4, -0.2) is 21.9 Å². The SMILES string of the molecule is Cc1ccc(Nc2ncnc(N(C)Cc3ccccc3)c2[N+](=O)[O-])cc1Cl. The van der Waals surface area contributed by atoms with Crippen LogP contribution in [-0.2, 0) is 6.54 Å². The Morgan fingerprint density at radius 3 is 2.59 bits per heavy atom. The van der Waals surface area contributed by atoms with Gasteiger partial charge in [-0.05, 0) is 30.2 Å². The Bertz CT molecular complexity index is 966. The summed E-state index contributed by atoms with van der Waals surface area (Å²) in [6.07, 6.45) is 1.31. The van der Waals surface area contributed by atoms with Crippen molar-refractivity contribution in [2.75, 3.05) is 17.3 Å². The summed E-state index contributed by atoms with van der Waals surface area (Å²) >= 11 is 6.14. The van der Waals surface area contributed by atoms with Crippen molar-refractivity contribution >= 4 is 34.6 Å². The highest BCUT2D eigenvalue weighted by Gasteiger charge is 2.25. The smallest absolute Gasteiger partial charge is 0.349 e. The first kappa shape index (κ1) is 18.6. The van der Waals surface area contributed by atoms with Crippen molar-refractivity contribution in [3.63, 3.8) is 0 Å². The highest BCUT2D eigenvalue weighted by atomic mass is 35.5. The van der Waals surface area contributed by atoms with Gasteiger partial charge >= 0.3 is 5.69 Å². The summed E-state index contributed by atoms with van der Waals surface area (Å²) in [5.41, 5.74) is 2.37. The first-order valence-corrected chi connectivity index (χ1v) is 8.61. The molecule has 27 heavy (non-hydrogen) atoms. The third-order valence-corrected chi connectivity index (χ3v) is 4.45. The average molecular weight is 384 g/mol. The minimum atomic E-state index is -0.477. The number of nitrogens with one attached hydrogen (secondary N) is 1. The molecule has 3 rings (SSSR count). The molecule has 0 aliphatic carbocycles. The number of hydrogen-bond acceptors (Lipinski definition) is 6. The summed E-state index contributed by atoms with van der Waals surface area (Å²) in [7, 11) is 1.76. The van der Waals surface area contributed by atoms with Gasteiger partial charge in [-0.3, -0.25) is 10.1 Å². The van der Waals surface area contributed by atoms with Crippen LogP contribution in [0.25, 0.3) is 0 Å². The highest BCUT2D eigenvalue weighted by molar-refractivity contribution is 6.31. The van der Waals surface area contributed by atoms with E-state index in [2.05, 4.69) is 15.3 Å². The molecule has 2 aromatic carbocycles. The Kier molecular flexibility index (Phi) is 5.52. The number of rotatable bonds is 6. The second-order valence-electron chi connectivity index (χ2n) is 6.08. The third kappa shape index (κ3) is 4.32. The molecule has 0 radical (unpaired) electrons. The molecular weight excluding hydrogens is 366 g/mol. The second kappa shape index (κ2) is 8.01. The lowest BCUT2D eigenvalue weighted by Gasteiger charge is -2.19. The minimum absolute atomic E-state index is 0.116. The molecule has 0 saturated heterocycles. The van der Waals surface area contributed by atoms with Crippen molar-refractivity contribution in [2.45, 2.75) is 13.5 Å². The number of aryl methyl sites for hydroxylation is 1. The molecule has 1 N–H and O–H groups in total. The zero-order chi connectivity index (χ0) is 19.4. The van der Waals surface area contributed by atoms with Crippen LogP contribution in [0.5, 0.6) is 0 Å². The predicted molar refractivity (Wildman–Crippen MR) is 107 cm³/mol. The van der Waals surface area contributed by atoms with Gasteiger partial charge in [0.25, 0.3) is 0 Å². The maximum Gasteiger partial charge on any atom is 0.353 e. The molecule has 1 heterocycles. The average Bonchev–Trinajstić information content (AvgIpc) is 2.65. The maximum atomic E-state index is 11.7. The van der Waals surface area contributed by atoms with Crippen LogP contribution >= 0.6 is 11.6 Å². The monoisotopic (exact) mass is 383 g/mol. The van der Waals surface area contributed by atoms with Crippen LogP contribution in [0.15, 0.2) is 54.9 Å². The van der Waals surface area contributed by atoms with Crippen molar-refractivity contribution in [2.24, 2.45) is 0 Å². The van der Waals surface area contributed by atoms with Gasteiger partial charge in [0.1, 0.15) is 6.33 Å². The summed E-state index contributed by atoms with van der Waals surface area (Å²) in [5, 5.41) is 15.3. The predicted octanol–water partition coefficient (Wildman–Crippen LogP) is 4.73. The number of halogens is 1. The topological polar surface area (TPSA) is 84.2 Å². The molecule has 0 fully saturated rings. The molecule has 3 aromatic rings. The lowest BCUT2D eigenvalue weighted by atomic mass is 10.2. The molecule has 0 aliphatic rings. The van der Waals surface area contributed by atoms with Gasteiger partial charge in [-0.2, -0.15) is 0 Å². The van der Waals surface area contributed by atoms with Gasteiger partial charge in [-0.25, -0.2) is 9.97 Å². The number of benzene rings is 2. The second-order valence-corrected chi connectivity index (χ2v) is 6.49. The number of nitrogens with zero attached hydrogens (tertiary/aromatic N) is 4. The van der Waals surface area contributed by atoms with Crippen molar-refractivity contribution < 1.29 is 4.92 Å². The molecule has 7 nitrogen and oxygen atoms in total. The van der Waals surface area contributed by atoms with E-state index in [4.69, 9.17) is 11.6 Å². The van der Waals surface area contributed by atoms with Gasteiger partial charge in [0.2, 0.25) is 11.6 Å². The van der Waals surface area contributed by atoms with Crippen molar-refractivity contribution in [3.05, 3.63) is 81.1 Å². The molecule has 0 amide bonds. The van der Waals surface area contributed by atoms with Crippen LogP contribution in [0, 0.1) is 17.0 Å². The number of aromatic nitrogens is 2. The van der Waals surface area contributed by atoms with Crippen molar-refractivity contribution in [3.8, 4) is 0 Å². The van der Waals surface area contributed by atoms with Crippen LogP contribution in [0.4, 0.5) is 23.0 Å². The summed E-state index contributed by atoms with van der Waals surface area (Å²) in [5.74, 6) is 0.351. The molecule has 0 atom stereocenters. The molecule has 0 bridgehead atoms. The summed E-state index contributed by atoms with van der Waals surface area (Å²) in [6.45, 7) is 2.37. The normalized spacial score (nSPS) is 10.5. The molecule has 0 unspecified atom stereocenters. The third-order valence-electron chi connectivity index (χ3n) is 4.04. The quantitative estimate of drug-likeness (QED) is 0.489. The van der Waals surface area contributed by atoms with Gasteiger partial charge in [0, 0.05) is 24.3 Å². The first-order chi connectivity index (χ1) is 13.0. The highest BCUT2D eigenvalue weighted by Crippen LogP contribution is 2.34. The summed E-state index contributed by atoms with van der Waals surface area (Å²) in [4.78, 5) is 21.2. The van der Waals surface area contributed by atoms with E-state index in [1.807, 2.05) is 43.3 Å². The van der Waals surface area contributed by atoms with E-state index in [0.29, 0.717) is 17.3 Å². The molecule has 0 aliphatic heterocycles. The van der Waals surface area contributed by atoms with Crippen LogP contribution in [0.1, 0.15) is 11.1 Å². The van der Waals surface area contributed by atoms with Gasteiger partial charge < -0.3 is 10.2 Å². The van der Waals surface area contributed by atoms with E-state index >= 15 is 0 Å². The largest absolute Gasteiger partial charge is 0.353 e. The standard InChI is InChI=1S/C19H18ClN5O2/c1-13-8-9-15(10-16(13)20)23-18-17(25(26)27)19(22-12-21-18)24(2)11-14-6-4-3-5-7-14/h3-10,12H,11H2,1-2H3,(H,21,22,23). The number of nitro groups is 1. The van der Waals surface area contributed by atoms with E-state index in [1.165, 1.54) is 6.33 Å². The molecule has 1 aromatic heterocycles. The van der Waals surface area contributed by atoms with Gasteiger partial charge in [0.05, 0.1) is 4.92 Å². The maximum absolute atomic E-state index is 11.7. The fourth-order valence-corrected chi connectivity index (χ4v) is 2.83. The zero-order valence-electron chi connectivity index (χ0n) is 14.9. The lowest BCUT2D eigenvalue weighted by Crippen LogP contribution is -2.20. The molecule has 0 spiro atoms. The fourth-order valence-electron chi connectivity index (χ4n) is 2.65. The molecule has 0 saturated carbocycles. The van der Waals surface area contributed by atoms with E-state index in [9.17, 15) is 10.1 Å². The summed E-state index contributed by atoms with van der Waals surface area (Å²) in [6, 6.07) is 15.0. The van der Waals surface area contributed by atoms with Crippen LogP contribution < -0.4 is 10.2 Å². The Labute approximate surface area is 161 Å². The Balaban J connectivity index is 1.94. The number of anilines is 3. The fraction of sp³-hybridized carbons (Fsp3) is 0.158. The first-order valence-electron chi connectivity index (χ1n) is 8.23. The van der Waals surface area contributed by atoms with Gasteiger partial charge in [0.15, 0.2) is 0 Å². The van der Waals surface area contributed by atoms with Crippen LogP contribution in [0.2, 0.25) is 5.02 Å². The van der Waals surface area contributed by atoms with Gasteiger partial charge in [-0.15, -0.1) is 0 Å². The van der Waals surface area contributed by atoms with Crippen molar-refractivity contribution in [1.29, 1.82) is 0 Å². The van der Waals surface area contributed by atoms with Crippen molar-refractivity contribution in [1.82, 2.24) is 9.97 Å². The summed E-state index contributed by atoms with van der Waals surface area (Å²) < 4.78 is 0. The Hall–Kier alpha value is -3.19. The Morgan fingerprint density at radius 2 is 1.93 bits per heavy atom. The lowest BCUT2D eigenvalue weighted by molar-refractivity contribution is -0.383. The van der Waals surface area contributed by atoms with E-state index in [0.717, 1.165) is 11.1 Å². The van der Waals surface area contributed by atoms with E-state index in [1.54, 1.807) is 24.1 Å².